The van der Waals surface area contributed by atoms with Crippen molar-refractivity contribution in [1.29, 1.82) is 0 Å². The molecule has 1 amide bonds. The average molecular weight is 317 g/mol. The summed E-state index contributed by atoms with van der Waals surface area (Å²) in [5, 5.41) is 10.1. The third kappa shape index (κ3) is 4.35. The van der Waals surface area contributed by atoms with E-state index in [1.807, 2.05) is 11.6 Å². The molecule has 23 heavy (non-hydrogen) atoms. The molecule has 1 saturated carbocycles. The van der Waals surface area contributed by atoms with E-state index in [2.05, 4.69) is 20.3 Å². The van der Waals surface area contributed by atoms with Crippen LogP contribution < -0.4 is 5.32 Å². The van der Waals surface area contributed by atoms with E-state index in [9.17, 15) is 4.79 Å². The number of carbonyl (C=O) groups excluding carboxylic acids is 1. The standard InChI is InChI=1S/C15H19N5O.CH4O/c1-20-10-17-9-14(20)12-7-16-8-13(19-12)15(21)18-11-5-3-2-4-6-11;1-2/h7-11H,2-6H2,1H3,(H,18,21);2H,1H3. The molecule has 7 heteroatoms. The highest BCUT2D eigenvalue weighted by Crippen LogP contribution is 2.18. The number of hydrogen-bond donors (Lipinski definition) is 2. The van der Waals surface area contributed by atoms with Gasteiger partial charge in [-0.15, -0.1) is 0 Å². The largest absolute Gasteiger partial charge is 0.400 e. The fourth-order valence-corrected chi connectivity index (χ4v) is 2.71. The van der Waals surface area contributed by atoms with E-state index >= 15 is 0 Å². The second-order valence-electron chi connectivity index (χ2n) is 5.49. The minimum absolute atomic E-state index is 0.140. The van der Waals surface area contributed by atoms with E-state index in [0.717, 1.165) is 25.6 Å². The van der Waals surface area contributed by atoms with Crippen LogP contribution in [0.5, 0.6) is 0 Å². The molecule has 2 aromatic rings. The van der Waals surface area contributed by atoms with E-state index < -0.39 is 0 Å². The molecule has 1 fully saturated rings. The van der Waals surface area contributed by atoms with Crippen LogP contribution in [-0.4, -0.2) is 43.7 Å². The first-order chi connectivity index (χ1) is 11.2. The van der Waals surface area contributed by atoms with Crippen LogP contribution in [0.4, 0.5) is 0 Å². The molecule has 0 spiro atoms. The Morgan fingerprint density at radius 3 is 2.57 bits per heavy atom. The predicted molar refractivity (Wildman–Crippen MR) is 86.7 cm³/mol. The van der Waals surface area contributed by atoms with E-state index in [1.165, 1.54) is 25.5 Å². The molecule has 2 N–H and O–H groups in total. The van der Waals surface area contributed by atoms with Crippen LogP contribution >= 0.6 is 0 Å². The van der Waals surface area contributed by atoms with Crippen molar-refractivity contribution in [1.82, 2.24) is 24.8 Å². The number of aliphatic hydroxyl groups is 1. The summed E-state index contributed by atoms with van der Waals surface area (Å²) in [7, 11) is 2.89. The van der Waals surface area contributed by atoms with Crippen molar-refractivity contribution < 1.29 is 9.90 Å². The molecule has 0 radical (unpaired) electrons. The summed E-state index contributed by atoms with van der Waals surface area (Å²) in [5.74, 6) is -0.140. The lowest BCUT2D eigenvalue weighted by Crippen LogP contribution is -2.36. The zero-order valence-electron chi connectivity index (χ0n) is 13.6. The monoisotopic (exact) mass is 317 g/mol. The van der Waals surface area contributed by atoms with Gasteiger partial charge in [-0.1, -0.05) is 19.3 Å². The number of aromatic nitrogens is 4. The maximum atomic E-state index is 12.3. The van der Waals surface area contributed by atoms with Gasteiger partial charge in [0.2, 0.25) is 0 Å². The van der Waals surface area contributed by atoms with E-state index in [-0.39, 0.29) is 11.9 Å². The fraction of sp³-hybridized carbons (Fsp3) is 0.500. The maximum absolute atomic E-state index is 12.3. The number of imidazole rings is 1. The average Bonchev–Trinajstić information content (AvgIpc) is 3.04. The van der Waals surface area contributed by atoms with Crippen LogP contribution in [0, 0.1) is 0 Å². The van der Waals surface area contributed by atoms with Gasteiger partial charge in [-0.25, -0.2) is 9.97 Å². The molecule has 0 bridgehead atoms. The van der Waals surface area contributed by atoms with Crippen LogP contribution in [0.1, 0.15) is 42.6 Å². The summed E-state index contributed by atoms with van der Waals surface area (Å²) in [6.07, 6.45) is 12.3. The van der Waals surface area contributed by atoms with Crippen LogP contribution in [0.3, 0.4) is 0 Å². The summed E-state index contributed by atoms with van der Waals surface area (Å²) in [5.41, 5.74) is 1.86. The molecule has 3 rings (SSSR count). The smallest absolute Gasteiger partial charge is 0.271 e. The Morgan fingerprint density at radius 1 is 1.17 bits per heavy atom. The van der Waals surface area contributed by atoms with Crippen LogP contribution in [0.2, 0.25) is 0 Å². The summed E-state index contributed by atoms with van der Waals surface area (Å²) >= 11 is 0. The molecular weight excluding hydrogens is 294 g/mol. The molecule has 0 aliphatic heterocycles. The Bertz CT molecular complexity index is 635. The summed E-state index contributed by atoms with van der Waals surface area (Å²) in [6.45, 7) is 0. The lowest BCUT2D eigenvalue weighted by molar-refractivity contribution is 0.0922. The number of amides is 1. The highest BCUT2D eigenvalue weighted by atomic mass is 16.2. The normalized spacial score (nSPS) is 14.7. The van der Waals surface area contributed by atoms with Crippen molar-refractivity contribution in [3.05, 3.63) is 30.6 Å². The van der Waals surface area contributed by atoms with Gasteiger partial charge in [-0.3, -0.25) is 9.78 Å². The minimum Gasteiger partial charge on any atom is -0.400 e. The molecule has 2 heterocycles. The Balaban J connectivity index is 0.000000924. The second-order valence-corrected chi connectivity index (χ2v) is 5.49. The molecule has 1 aliphatic rings. The van der Waals surface area contributed by atoms with Crippen molar-refractivity contribution in [3.8, 4) is 11.4 Å². The van der Waals surface area contributed by atoms with Crippen molar-refractivity contribution in [2.45, 2.75) is 38.1 Å². The highest BCUT2D eigenvalue weighted by Gasteiger charge is 2.18. The van der Waals surface area contributed by atoms with Gasteiger partial charge in [0, 0.05) is 20.2 Å². The van der Waals surface area contributed by atoms with E-state index in [1.54, 1.807) is 18.7 Å². The highest BCUT2D eigenvalue weighted by molar-refractivity contribution is 5.92. The van der Waals surface area contributed by atoms with Gasteiger partial charge in [0.15, 0.2) is 0 Å². The Kier molecular flexibility index (Phi) is 6.22. The molecule has 0 unspecified atom stereocenters. The van der Waals surface area contributed by atoms with Gasteiger partial charge in [0.05, 0.1) is 30.6 Å². The summed E-state index contributed by atoms with van der Waals surface area (Å²) in [4.78, 5) is 24.9. The number of aliphatic hydroxyl groups excluding tert-OH is 1. The number of carbonyl (C=O) groups is 1. The number of nitrogens with zero attached hydrogens (tertiary/aromatic N) is 4. The van der Waals surface area contributed by atoms with Crippen molar-refractivity contribution in [2.24, 2.45) is 7.05 Å². The van der Waals surface area contributed by atoms with E-state index in [4.69, 9.17) is 5.11 Å². The van der Waals surface area contributed by atoms with Crippen molar-refractivity contribution >= 4 is 5.91 Å². The Morgan fingerprint density at radius 2 is 1.91 bits per heavy atom. The van der Waals surface area contributed by atoms with Crippen molar-refractivity contribution in [2.75, 3.05) is 7.11 Å². The number of aryl methyl sites for hydroxylation is 1. The molecule has 2 aromatic heterocycles. The zero-order chi connectivity index (χ0) is 16.7. The quantitative estimate of drug-likeness (QED) is 0.896. The van der Waals surface area contributed by atoms with Crippen LogP contribution in [0.15, 0.2) is 24.9 Å². The molecule has 0 aromatic carbocycles. The summed E-state index contributed by atoms with van der Waals surface area (Å²) < 4.78 is 1.85. The van der Waals surface area contributed by atoms with Gasteiger partial charge >= 0.3 is 0 Å². The van der Waals surface area contributed by atoms with Crippen LogP contribution in [-0.2, 0) is 7.05 Å². The lowest BCUT2D eigenvalue weighted by Gasteiger charge is -2.22. The van der Waals surface area contributed by atoms with Gasteiger partial charge in [-0.2, -0.15) is 0 Å². The van der Waals surface area contributed by atoms with Gasteiger partial charge in [-0.05, 0) is 12.8 Å². The molecule has 7 nitrogen and oxygen atoms in total. The SMILES string of the molecule is CO.Cn1cncc1-c1cncc(C(=O)NC2CCCCC2)n1. The second kappa shape index (κ2) is 8.38. The Hall–Kier alpha value is -2.28. The molecular formula is C16H23N5O2. The van der Waals surface area contributed by atoms with Gasteiger partial charge in [0.25, 0.3) is 5.91 Å². The number of nitrogens with one attached hydrogen (secondary N) is 1. The lowest BCUT2D eigenvalue weighted by atomic mass is 9.95. The van der Waals surface area contributed by atoms with Crippen molar-refractivity contribution in [3.63, 3.8) is 0 Å². The van der Waals surface area contributed by atoms with Gasteiger partial charge in [0.1, 0.15) is 11.4 Å². The zero-order valence-corrected chi connectivity index (χ0v) is 13.6. The molecule has 124 valence electrons. The predicted octanol–water partition coefficient (Wildman–Crippen LogP) is 1.55. The fourth-order valence-electron chi connectivity index (χ4n) is 2.71. The minimum atomic E-state index is -0.140. The first-order valence-corrected chi connectivity index (χ1v) is 7.78. The topological polar surface area (TPSA) is 92.9 Å². The molecule has 1 aliphatic carbocycles. The summed E-state index contributed by atoms with van der Waals surface area (Å²) in [6, 6.07) is 0.272. The number of hydrogen-bond acceptors (Lipinski definition) is 5. The van der Waals surface area contributed by atoms with Crippen LogP contribution in [0.25, 0.3) is 11.4 Å². The molecule has 0 saturated heterocycles. The van der Waals surface area contributed by atoms with E-state index in [0.29, 0.717) is 11.4 Å². The third-order valence-corrected chi connectivity index (χ3v) is 3.89. The Labute approximate surface area is 135 Å². The number of rotatable bonds is 3. The first-order valence-electron chi connectivity index (χ1n) is 7.78. The third-order valence-electron chi connectivity index (χ3n) is 3.89. The van der Waals surface area contributed by atoms with Gasteiger partial charge < -0.3 is 15.0 Å². The molecule has 0 atom stereocenters. The maximum Gasteiger partial charge on any atom is 0.271 e. The first kappa shape index (κ1) is 17.1.